The maximum atomic E-state index is 9.84. The van der Waals surface area contributed by atoms with Crippen molar-refractivity contribution in [3.8, 4) is 11.5 Å². The summed E-state index contributed by atoms with van der Waals surface area (Å²) in [6, 6.07) is 5.26. The number of benzene rings is 1. The smallest absolute Gasteiger partial charge is 0.127 e. The molecular formula is C16H27ClN2O3. The molecule has 2 rings (SSSR count). The lowest BCUT2D eigenvalue weighted by Crippen LogP contribution is -2.49. The quantitative estimate of drug-likeness (QED) is 0.768. The summed E-state index contributed by atoms with van der Waals surface area (Å²) in [6.45, 7) is 7.96. The molecule has 0 aliphatic carbocycles. The second kappa shape index (κ2) is 8.02. The number of methoxy groups -OCH3 is 1. The SMILES string of the molecule is COc1cc(O)ccc1[C@@H](N1CCNCC1)C(C)(C)CO.Cl. The molecule has 1 saturated heterocycles. The van der Waals surface area contributed by atoms with Crippen LogP contribution in [0.15, 0.2) is 18.2 Å². The van der Waals surface area contributed by atoms with E-state index in [1.165, 1.54) is 0 Å². The number of hydrogen-bond donors (Lipinski definition) is 3. The van der Waals surface area contributed by atoms with Crippen LogP contribution in [0.25, 0.3) is 0 Å². The van der Waals surface area contributed by atoms with Gasteiger partial charge < -0.3 is 20.3 Å². The molecule has 1 heterocycles. The third-order valence-corrected chi connectivity index (χ3v) is 4.18. The molecule has 1 aliphatic heterocycles. The van der Waals surface area contributed by atoms with Crippen molar-refractivity contribution in [2.75, 3.05) is 39.9 Å². The molecule has 1 aliphatic rings. The Bertz CT molecular complexity index is 476. The first-order valence-electron chi connectivity index (χ1n) is 7.42. The van der Waals surface area contributed by atoms with Gasteiger partial charge in [0, 0.05) is 55.9 Å². The van der Waals surface area contributed by atoms with Gasteiger partial charge in [-0.15, -0.1) is 12.4 Å². The molecule has 1 aromatic rings. The van der Waals surface area contributed by atoms with Crippen molar-refractivity contribution in [2.24, 2.45) is 5.41 Å². The first kappa shape index (κ1) is 19.0. The van der Waals surface area contributed by atoms with Crippen LogP contribution in [0.5, 0.6) is 11.5 Å². The Hall–Kier alpha value is -1.01. The Labute approximate surface area is 138 Å². The molecule has 0 amide bonds. The summed E-state index contributed by atoms with van der Waals surface area (Å²) in [5.41, 5.74) is 0.706. The zero-order valence-electron chi connectivity index (χ0n) is 13.5. The number of aliphatic hydroxyl groups excluding tert-OH is 1. The van der Waals surface area contributed by atoms with E-state index in [1.54, 1.807) is 19.2 Å². The van der Waals surface area contributed by atoms with E-state index in [0.29, 0.717) is 5.75 Å². The molecular weight excluding hydrogens is 304 g/mol. The zero-order chi connectivity index (χ0) is 15.5. The highest BCUT2D eigenvalue weighted by atomic mass is 35.5. The third kappa shape index (κ3) is 4.04. The minimum atomic E-state index is -0.304. The van der Waals surface area contributed by atoms with Gasteiger partial charge in [0.05, 0.1) is 7.11 Å². The number of hydrogen-bond acceptors (Lipinski definition) is 5. The molecule has 6 heteroatoms. The molecule has 3 N–H and O–H groups in total. The fraction of sp³-hybridized carbons (Fsp3) is 0.625. The van der Waals surface area contributed by atoms with Crippen LogP contribution < -0.4 is 10.1 Å². The van der Waals surface area contributed by atoms with Gasteiger partial charge in [0.25, 0.3) is 0 Å². The number of halogens is 1. The van der Waals surface area contributed by atoms with Gasteiger partial charge in [-0.2, -0.15) is 0 Å². The van der Waals surface area contributed by atoms with E-state index in [2.05, 4.69) is 24.1 Å². The monoisotopic (exact) mass is 330 g/mol. The van der Waals surface area contributed by atoms with Crippen LogP contribution in [-0.4, -0.2) is 55.0 Å². The number of aliphatic hydroxyl groups is 1. The second-order valence-corrected chi connectivity index (χ2v) is 6.26. The molecule has 0 spiro atoms. The number of ether oxygens (including phenoxy) is 1. The number of phenolic OH excluding ortho intramolecular Hbond substituents is 1. The van der Waals surface area contributed by atoms with Crippen molar-refractivity contribution >= 4 is 12.4 Å². The van der Waals surface area contributed by atoms with Crippen LogP contribution in [0, 0.1) is 5.41 Å². The topological polar surface area (TPSA) is 65.0 Å². The molecule has 0 unspecified atom stereocenters. The highest BCUT2D eigenvalue weighted by molar-refractivity contribution is 5.85. The number of piperazine rings is 1. The number of nitrogens with one attached hydrogen (secondary N) is 1. The summed E-state index contributed by atoms with van der Waals surface area (Å²) in [5.74, 6) is 0.858. The molecule has 1 aromatic carbocycles. The number of aromatic hydroxyl groups is 1. The lowest BCUT2D eigenvalue weighted by molar-refractivity contribution is 0.0292. The van der Waals surface area contributed by atoms with E-state index in [9.17, 15) is 10.2 Å². The molecule has 22 heavy (non-hydrogen) atoms. The highest BCUT2D eigenvalue weighted by Crippen LogP contribution is 2.42. The van der Waals surface area contributed by atoms with E-state index in [0.717, 1.165) is 31.7 Å². The van der Waals surface area contributed by atoms with Crippen LogP contribution in [0.2, 0.25) is 0 Å². The van der Waals surface area contributed by atoms with Crippen molar-refractivity contribution in [3.63, 3.8) is 0 Å². The van der Waals surface area contributed by atoms with Gasteiger partial charge >= 0.3 is 0 Å². The van der Waals surface area contributed by atoms with Crippen molar-refractivity contribution in [1.82, 2.24) is 10.2 Å². The first-order valence-corrected chi connectivity index (χ1v) is 7.42. The summed E-state index contributed by atoms with van der Waals surface area (Å²) in [4.78, 5) is 2.38. The summed E-state index contributed by atoms with van der Waals surface area (Å²) >= 11 is 0. The third-order valence-electron chi connectivity index (χ3n) is 4.18. The average molecular weight is 331 g/mol. The Kier molecular flexibility index (Phi) is 6.94. The Balaban J connectivity index is 0.00000242. The Morgan fingerprint density at radius 1 is 1.32 bits per heavy atom. The van der Waals surface area contributed by atoms with Crippen LogP contribution in [0.1, 0.15) is 25.5 Å². The van der Waals surface area contributed by atoms with Crippen molar-refractivity contribution < 1.29 is 14.9 Å². The van der Waals surface area contributed by atoms with E-state index < -0.39 is 0 Å². The molecule has 1 atom stereocenters. The minimum Gasteiger partial charge on any atom is -0.508 e. The summed E-state index contributed by atoms with van der Waals surface area (Å²) in [7, 11) is 1.61. The van der Waals surface area contributed by atoms with Crippen LogP contribution in [0.4, 0.5) is 0 Å². The molecule has 5 nitrogen and oxygen atoms in total. The van der Waals surface area contributed by atoms with Crippen LogP contribution in [-0.2, 0) is 0 Å². The lowest BCUT2D eigenvalue weighted by atomic mass is 9.79. The largest absolute Gasteiger partial charge is 0.508 e. The second-order valence-electron chi connectivity index (χ2n) is 6.26. The fourth-order valence-electron chi connectivity index (χ4n) is 3.06. The lowest BCUT2D eigenvalue weighted by Gasteiger charge is -2.43. The van der Waals surface area contributed by atoms with Gasteiger partial charge in [0.1, 0.15) is 11.5 Å². The fourth-order valence-corrected chi connectivity index (χ4v) is 3.06. The van der Waals surface area contributed by atoms with Gasteiger partial charge in [-0.1, -0.05) is 19.9 Å². The van der Waals surface area contributed by atoms with Gasteiger partial charge in [0.2, 0.25) is 0 Å². The zero-order valence-corrected chi connectivity index (χ0v) is 14.3. The predicted molar refractivity (Wildman–Crippen MR) is 90.0 cm³/mol. The summed E-state index contributed by atoms with van der Waals surface area (Å²) in [6.07, 6.45) is 0. The van der Waals surface area contributed by atoms with Crippen LogP contribution >= 0.6 is 12.4 Å². The standard InChI is InChI=1S/C16H26N2O3.ClH/c1-16(2,11-19)15(18-8-6-17-7-9-18)13-5-4-12(20)10-14(13)21-3;/h4-5,10,15,17,19-20H,6-9,11H2,1-3H3;1H/t15-;/m1./s1. The first-order chi connectivity index (χ1) is 9.99. The molecule has 0 aromatic heterocycles. The predicted octanol–water partition coefficient (Wildman–Crippen LogP) is 1.79. The van der Waals surface area contributed by atoms with Gasteiger partial charge in [-0.05, 0) is 6.07 Å². The average Bonchev–Trinajstić information content (AvgIpc) is 2.50. The van der Waals surface area contributed by atoms with Gasteiger partial charge in [0.15, 0.2) is 0 Å². The van der Waals surface area contributed by atoms with E-state index in [-0.39, 0.29) is 36.2 Å². The molecule has 0 bridgehead atoms. The Morgan fingerprint density at radius 2 is 1.95 bits per heavy atom. The number of phenols is 1. The van der Waals surface area contributed by atoms with Crippen LogP contribution in [0.3, 0.4) is 0 Å². The van der Waals surface area contributed by atoms with Gasteiger partial charge in [-0.3, -0.25) is 4.90 Å². The van der Waals surface area contributed by atoms with E-state index in [4.69, 9.17) is 4.74 Å². The minimum absolute atomic E-state index is 0. The van der Waals surface area contributed by atoms with Gasteiger partial charge in [-0.25, -0.2) is 0 Å². The summed E-state index contributed by atoms with van der Waals surface area (Å²) in [5, 5.41) is 22.9. The number of nitrogens with zero attached hydrogens (tertiary/aromatic N) is 1. The maximum Gasteiger partial charge on any atom is 0.127 e. The molecule has 0 radical (unpaired) electrons. The highest BCUT2D eigenvalue weighted by Gasteiger charge is 2.37. The maximum absolute atomic E-state index is 9.84. The van der Waals surface area contributed by atoms with E-state index in [1.807, 2.05) is 6.07 Å². The normalized spacial score (nSPS) is 17.6. The molecule has 0 saturated carbocycles. The Morgan fingerprint density at radius 3 is 2.50 bits per heavy atom. The van der Waals surface area contributed by atoms with E-state index >= 15 is 0 Å². The van der Waals surface area contributed by atoms with Crippen molar-refractivity contribution in [2.45, 2.75) is 19.9 Å². The molecule has 1 fully saturated rings. The number of rotatable bonds is 5. The van der Waals surface area contributed by atoms with Crippen molar-refractivity contribution in [3.05, 3.63) is 23.8 Å². The van der Waals surface area contributed by atoms with Crippen molar-refractivity contribution in [1.29, 1.82) is 0 Å². The summed E-state index contributed by atoms with van der Waals surface area (Å²) < 4.78 is 5.45. The molecule has 126 valence electrons.